The molecule has 0 aliphatic carbocycles. The van der Waals surface area contributed by atoms with Crippen molar-refractivity contribution in [1.29, 1.82) is 0 Å². The molecule has 28 heavy (non-hydrogen) atoms. The van der Waals surface area contributed by atoms with Gasteiger partial charge in [-0.1, -0.05) is 54.1 Å². The highest BCUT2D eigenvalue weighted by atomic mass is 79.9. The fraction of sp³-hybridized carbons (Fsp3) is 0.143. The van der Waals surface area contributed by atoms with Crippen LogP contribution in [-0.2, 0) is 4.74 Å². The number of rotatable bonds is 4. The number of hydrogen-bond acceptors (Lipinski definition) is 4. The summed E-state index contributed by atoms with van der Waals surface area (Å²) in [6.07, 6.45) is 3.47. The Kier molecular flexibility index (Phi) is 7.62. The predicted molar refractivity (Wildman–Crippen MR) is 121 cm³/mol. The van der Waals surface area contributed by atoms with Crippen molar-refractivity contribution in [2.24, 2.45) is 0 Å². The highest BCUT2D eigenvalue weighted by molar-refractivity contribution is 9.11. The van der Waals surface area contributed by atoms with Crippen LogP contribution in [0.1, 0.15) is 0 Å². The summed E-state index contributed by atoms with van der Waals surface area (Å²) in [4.78, 5) is 8.28. The van der Waals surface area contributed by atoms with E-state index in [1.54, 1.807) is 19.5 Å². The van der Waals surface area contributed by atoms with Crippen LogP contribution in [0.2, 0.25) is 5.15 Å². The lowest BCUT2D eigenvalue weighted by Crippen LogP contribution is -2.05. The van der Waals surface area contributed by atoms with E-state index >= 15 is 0 Å². The van der Waals surface area contributed by atoms with Gasteiger partial charge in [-0.25, -0.2) is 9.97 Å². The summed E-state index contributed by atoms with van der Waals surface area (Å²) in [6.45, 7) is 1.07. The summed E-state index contributed by atoms with van der Waals surface area (Å²) in [5.41, 5.74) is 0. The molecule has 0 amide bonds. The van der Waals surface area contributed by atoms with Gasteiger partial charge in [0.2, 0.25) is 5.88 Å². The molecule has 0 N–H and O–H groups in total. The number of ether oxygens (including phenoxy) is 2. The lowest BCUT2D eigenvalue weighted by atomic mass is 10.2. The molecule has 0 saturated carbocycles. The third kappa shape index (κ3) is 5.00. The van der Waals surface area contributed by atoms with Crippen molar-refractivity contribution in [3.05, 3.63) is 75.0 Å². The van der Waals surface area contributed by atoms with Crippen LogP contribution in [0.4, 0.5) is 0 Å². The molecule has 144 valence electrons. The first-order valence-corrected chi connectivity index (χ1v) is 10.4. The molecule has 0 unspecified atom stereocenters. The van der Waals surface area contributed by atoms with E-state index in [2.05, 4.69) is 41.8 Å². The number of hydrogen-bond donors (Lipinski definition) is 0. The predicted octanol–water partition coefficient (Wildman–Crippen LogP) is 6.67. The van der Waals surface area contributed by atoms with Crippen LogP contribution in [0.15, 0.2) is 69.9 Å². The molecule has 0 fully saturated rings. The molecule has 0 aliphatic rings. The second-order valence-electron chi connectivity index (χ2n) is 5.74. The van der Waals surface area contributed by atoms with E-state index in [0.717, 1.165) is 30.5 Å². The largest absolute Gasteiger partial charge is 0.475 e. The molecular formula is C21H17Br2ClN2O2. The van der Waals surface area contributed by atoms with E-state index < -0.39 is 0 Å². The Morgan fingerprint density at radius 1 is 0.786 bits per heavy atom. The van der Waals surface area contributed by atoms with Crippen LogP contribution in [0.25, 0.3) is 21.5 Å². The van der Waals surface area contributed by atoms with Crippen molar-refractivity contribution in [2.45, 2.75) is 0 Å². The molecule has 2 aromatic carbocycles. The van der Waals surface area contributed by atoms with Gasteiger partial charge < -0.3 is 9.47 Å². The van der Waals surface area contributed by atoms with Crippen molar-refractivity contribution >= 4 is 65.0 Å². The van der Waals surface area contributed by atoms with E-state index in [9.17, 15) is 0 Å². The first kappa shape index (κ1) is 21.0. The summed E-state index contributed by atoms with van der Waals surface area (Å²) in [6, 6.07) is 15.9. The summed E-state index contributed by atoms with van der Waals surface area (Å²) in [5, 5.41) is 4.73. The number of methoxy groups -OCH3 is 1. The molecule has 0 spiro atoms. The quantitative estimate of drug-likeness (QED) is 0.221. The van der Waals surface area contributed by atoms with E-state index in [1.165, 1.54) is 0 Å². The second kappa shape index (κ2) is 10.2. The molecule has 2 aromatic heterocycles. The third-order valence-corrected chi connectivity index (χ3v) is 5.50. The minimum absolute atomic E-state index is 0.509. The van der Waals surface area contributed by atoms with Gasteiger partial charge in [-0.3, -0.25) is 0 Å². The van der Waals surface area contributed by atoms with Gasteiger partial charge in [-0.2, -0.15) is 0 Å². The Bertz CT molecular complexity index is 1050. The normalized spacial score (nSPS) is 10.6. The highest BCUT2D eigenvalue weighted by Crippen LogP contribution is 2.29. The van der Waals surface area contributed by atoms with Gasteiger partial charge in [0, 0.05) is 50.0 Å². The average Bonchev–Trinajstić information content (AvgIpc) is 2.74. The number of pyridine rings is 2. The zero-order valence-electron chi connectivity index (χ0n) is 15.0. The fourth-order valence-corrected chi connectivity index (χ4v) is 3.70. The van der Waals surface area contributed by atoms with Gasteiger partial charge in [0.15, 0.2) is 0 Å². The molecule has 7 heteroatoms. The Hall–Kier alpha value is -1.73. The zero-order valence-corrected chi connectivity index (χ0v) is 19.0. The zero-order chi connectivity index (χ0) is 19.9. The lowest BCUT2D eigenvalue weighted by molar-refractivity contribution is 0.144. The number of aromatic nitrogens is 2. The van der Waals surface area contributed by atoms with Crippen LogP contribution in [0.3, 0.4) is 0 Å². The molecular weight excluding hydrogens is 508 g/mol. The molecule has 0 atom stereocenters. The van der Waals surface area contributed by atoms with Crippen molar-refractivity contribution in [3.63, 3.8) is 0 Å². The van der Waals surface area contributed by atoms with Gasteiger partial charge in [0.05, 0.1) is 6.61 Å². The Morgan fingerprint density at radius 2 is 1.32 bits per heavy atom. The first-order chi connectivity index (χ1) is 13.6. The van der Waals surface area contributed by atoms with Crippen molar-refractivity contribution in [3.8, 4) is 5.88 Å². The summed E-state index contributed by atoms with van der Waals surface area (Å²) >= 11 is 12.8. The van der Waals surface area contributed by atoms with Gasteiger partial charge in [-0.05, 0) is 37.9 Å². The maximum absolute atomic E-state index is 5.90. The van der Waals surface area contributed by atoms with Gasteiger partial charge in [-0.15, -0.1) is 0 Å². The minimum Gasteiger partial charge on any atom is -0.475 e. The molecule has 4 nitrogen and oxygen atoms in total. The number of nitrogens with zero attached hydrogens (tertiary/aromatic N) is 2. The summed E-state index contributed by atoms with van der Waals surface area (Å²) in [5.74, 6) is 0.649. The van der Waals surface area contributed by atoms with Crippen LogP contribution >= 0.6 is 43.5 Å². The van der Waals surface area contributed by atoms with Gasteiger partial charge in [0.1, 0.15) is 11.8 Å². The number of benzene rings is 2. The van der Waals surface area contributed by atoms with Gasteiger partial charge in [0.25, 0.3) is 0 Å². The molecule has 2 heterocycles. The number of fused-ring (bicyclic) bond motifs is 2. The van der Waals surface area contributed by atoms with Crippen LogP contribution < -0.4 is 4.74 Å². The second-order valence-corrected chi connectivity index (χ2v) is 7.81. The molecule has 0 bridgehead atoms. The molecule has 0 saturated heterocycles. The van der Waals surface area contributed by atoms with Gasteiger partial charge >= 0.3 is 0 Å². The Morgan fingerprint density at radius 3 is 1.93 bits per heavy atom. The summed E-state index contributed by atoms with van der Waals surface area (Å²) in [7, 11) is 1.65. The monoisotopic (exact) mass is 522 g/mol. The molecule has 0 radical (unpaired) electrons. The van der Waals surface area contributed by atoms with Crippen molar-refractivity contribution < 1.29 is 9.47 Å². The third-order valence-electron chi connectivity index (χ3n) is 3.93. The SMILES string of the molecule is COCCOc1ncc(Br)c2ccccc12.Clc1ncc(Br)c2ccccc12. The average molecular weight is 525 g/mol. The molecule has 4 aromatic rings. The highest BCUT2D eigenvalue weighted by Gasteiger charge is 2.06. The van der Waals surface area contributed by atoms with Crippen LogP contribution in [0.5, 0.6) is 5.88 Å². The van der Waals surface area contributed by atoms with Crippen LogP contribution in [-0.4, -0.2) is 30.3 Å². The van der Waals surface area contributed by atoms with E-state index in [4.69, 9.17) is 21.1 Å². The standard InChI is InChI=1S/C12H12BrNO2.C9H5BrClN/c1-15-6-7-16-12-10-5-3-2-4-9(10)11(13)8-14-12;10-8-5-12-9(11)7-4-2-1-3-6(7)8/h2-5,8H,6-7H2,1H3;1-5H. The van der Waals surface area contributed by atoms with E-state index in [1.807, 2.05) is 48.5 Å². The summed E-state index contributed by atoms with van der Waals surface area (Å²) < 4.78 is 12.4. The van der Waals surface area contributed by atoms with Crippen molar-refractivity contribution in [1.82, 2.24) is 9.97 Å². The van der Waals surface area contributed by atoms with Crippen LogP contribution in [0, 0.1) is 0 Å². The first-order valence-electron chi connectivity index (χ1n) is 8.45. The fourth-order valence-electron chi connectivity index (χ4n) is 2.59. The maximum atomic E-state index is 5.90. The molecule has 4 rings (SSSR count). The van der Waals surface area contributed by atoms with E-state index in [-0.39, 0.29) is 0 Å². The molecule has 0 aliphatic heterocycles. The smallest absolute Gasteiger partial charge is 0.221 e. The van der Waals surface area contributed by atoms with Crippen molar-refractivity contribution in [2.75, 3.05) is 20.3 Å². The lowest BCUT2D eigenvalue weighted by Gasteiger charge is -2.08. The topological polar surface area (TPSA) is 44.2 Å². The minimum atomic E-state index is 0.509. The Labute approximate surface area is 185 Å². The maximum Gasteiger partial charge on any atom is 0.221 e. The van der Waals surface area contributed by atoms with E-state index in [0.29, 0.717) is 24.2 Å². The Balaban J connectivity index is 0.000000167. The number of halogens is 3.